The van der Waals surface area contributed by atoms with E-state index in [0.717, 1.165) is 25.1 Å². The van der Waals surface area contributed by atoms with Gasteiger partial charge in [0.25, 0.3) is 0 Å². The van der Waals surface area contributed by atoms with Crippen molar-refractivity contribution in [3.05, 3.63) is 35.4 Å². The Hall–Kier alpha value is -0.510. The van der Waals surface area contributed by atoms with E-state index in [0.29, 0.717) is 0 Å². The van der Waals surface area contributed by atoms with E-state index in [2.05, 4.69) is 42.4 Å². The van der Waals surface area contributed by atoms with E-state index >= 15 is 0 Å². The number of nitrogens with zero attached hydrogens (tertiary/aromatic N) is 1. The summed E-state index contributed by atoms with van der Waals surface area (Å²) in [5.41, 5.74) is 9.25. The first-order valence-corrected chi connectivity index (χ1v) is 10.4. The summed E-state index contributed by atoms with van der Waals surface area (Å²) >= 11 is 1.90. The van der Waals surface area contributed by atoms with Gasteiger partial charge < -0.3 is 5.73 Å². The van der Waals surface area contributed by atoms with Crippen LogP contribution in [0.25, 0.3) is 0 Å². The minimum absolute atomic E-state index is 0.109. The Morgan fingerprint density at radius 3 is 2.35 bits per heavy atom. The van der Waals surface area contributed by atoms with Crippen LogP contribution in [-0.4, -0.2) is 15.7 Å². The fraction of sp³-hybridized carbons (Fsp3) is 0.700. The predicted molar refractivity (Wildman–Crippen MR) is 103 cm³/mol. The first-order valence-electron chi connectivity index (χ1n) is 9.45. The van der Waals surface area contributed by atoms with Gasteiger partial charge in [0.1, 0.15) is 0 Å². The summed E-state index contributed by atoms with van der Waals surface area (Å²) in [4.78, 5) is 0. The van der Waals surface area contributed by atoms with Crippen molar-refractivity contribution < 1.29 is 0 Å². The van der Waals surface area contributed by atoms with Crippen LogP contribution in [0.3, 0.4) is 0 Å². The number of unbranched alkanes of at least 4 members (excludes halogenated alkanes) is 5. The zero-order valence-electron chi connectivity index (χ0n) is 15.0. The SMILES string of the molecule is CCCCCCCCc1ccc(CN2SCCC2(N)CC)cc1. The van der Waals surface area contributed by atoms with Gasteiger partial charge in [-0.2, -0.15) is 0 Å². The Labute approximate surface area is 147 Å². The molecule has 1 aliphatic rings. The van der Waals surface area contributed by atoms with Gasteiger partial charge in [-0.05, 0) is 36.8 Å². The maximum atomic E-state index is 6.50. The van der Waals surface area contributed by atoms with E-state index in [1.54, 1.807) is 0 Å². The number of aryl methyl sites for hydroxylation is 1. The number of benzene rings is 1. The molecule has 1 saturated heterocycles. The lowest BCUT2D eigenvalue weighted by Gasteiger charge is -2.32. The zero-order chi connectivity index (χ0) is 16.5. The van der Waals surface area contributed by atoms with Crippen LogP contribution in [0.2, 0.25) is 0 Å². The second-order valence-corrected chi connectivity index (χ2v) is 8.02. The lowest BCUT2D eigenvalue weighted by Crippen LogP contribution is -2.48. The third-order valence-electron chi connectivity index (χ3n) is 5.06. The topological polar surface area (TPSA) is 29.3 Å². The number of hydrogen-bond acceptors (Lipinski definition) is 3. The van der Waals surface area contributed by atoms with Gasteiger partial charge in [0.15, 0.2) is 0 Å². The minimum atomic E-state index is -0.109. The highest BCUT2D eigenvalue weighted by Crippen LogP contribution is 2.36. The van der Waals surface area contributed by atoms with Crippen molar-refractivity contribution in [1.29, 1.82) is 0 Å². The zero-order valence-corrected chi connectivity index (χ0v) is 15.8. The van der Waals surface area contributed by atoms with Gasteiger partial charge in [-0.25, -0.2) is 4.31 Å². The van der Waals surface area contributed by atoms with Gasteiger partial charge in [0.05, 0.1) is 5.66 Å². The van der Waals surface area contributed by atoms with Crippen molar-refractivity contribution in [3.63, 3.8) is 0 Å². The van der Waals surface area contributed by atoms with Crippen LogP contribution in [0.1, 0.15) is 76.3 Å². The van der Waals surface area contributed by atoms with E-state index in [1.165, 1.54) is 56.1 Å². The van der Waals surface area contributed by atoms with Crippen molar-refractivity contribution in [1.82, 2.24) is 4.31 Å². The Morgan fingerprint density at radius 1 is 1.00 bits per heavy atom. The molecule has 3 heteroatoms. The molecule has 1 unspecified atom stereocenters. The van der Waals surface area contributed by atoms with Gasteiger partial charge in [0.2, 0.25) is 0 Å². The molecular weight excluding hydrogens is 300 g/mol. The largest absolute Gasteiger partial charge is 0.312 e. The van der Waals surface area contributed by atoms with Crippen LogP contribution in [0, 0.1) is 0 Å². The predicted octanol–water partition coefficient (Wildman–Crippen LogP) is 5.51. The highest BCUT2D eigenvalue weighted by molar-refractivity contribution is 7.97. The highest BCUT2D eigenvalue weighted by Gasteiger charge is 2.36. The molecule has 0 aromatic heterocycles. The standard InChI is InChI=1S/C20H34N2S/c1-3-5-6-7-8-9-10-18-11-13-19(14-12-18)17-22-20(21,4-2)15-16-23-22/h11-14H,3-10,15-17,21H2,1-2H3. The van der Waals surface area contributed by atoms with Crippen LogP contribution in [0.5, 0.6) is 0 Å². The first kappa shape index (κ1) is 18.8. The third kappa shape index (κ3) is 5.81. The Balaban J connectivity index is 1.74. The number of rotatable bonds is 10. The summed E-state index contributed by atoms with van der Waals surface area (Å²) in [7, 11) is 0. The lowest BCUT2D eigenvalue weighted by atomic mass is 10.0. The van der Waals surface area contributed by atoms with Crippen molar-refractivity contribution >= 4 is 11.9 Å². The molecule has 0 radical (unpaired) electrons. The molecular formula is C20H34N2S. The van der Waals surface area contributed by atoms with Crippen molar-refractivity contribution in [2.24, 2.45) is 5.73 Å². The minimum Gasteiger partial charge on any atom is -0.312 e. The van der Waals surface area contributed by atoms with Gasteiger partial charge in [-0.1, -0.05) is 82.2 Å². The van der Waals surface area contributed by atoms with Crippen molar-refractivity contribution in [2.75, 3.05) is 5.75 Å². The molecule has 130 valence electrons. The third-order valence-corrected chi connectivity index (χ3v) is 6.25. The highest BCUT2D eigenvalue weighted by atomic mass is 32.2. The molecule has 0 saturated carbocycles. The van der Waals surface area contributed by atoms with Crippen LogP contribution in [-0.2, 0) is 13.0 Å². The summed E-state index contributed by atoms with van der Waals surface area (Å²) in [6, 6.07) is 9.21. The second kappa shape index (κ2) is 9.71. The van der Waals surface area contributed by atoms with Gasteiger partial charge >= 0.3 is 0 Å². The summed E-state index contributed by atoms with van der Waals surface area (Å²) in [6.07, 6.45) is 11.6. The first-order chi connectivity index (χ1) is 11.2. The average molecular weight is 335 g/mol. The molecule has 0 amide bonds. The van der Waals surface area contributed by atoms with Crippen LogP contribution < -0.4 is 5.73 Å². The Kier molecular flexibility index (Phi) is 7.94. The van der Waals surface area contributed by atoms with E-state index in [4.69, 9.17) is 5.73 Å². The van der Waals surface area contributed by atoms with E-state index in [1.807, 2.05) is 11.9 Å². The maximum absolute atomic E-state index is 6.50. The Bertz CT molecular complexity index is 445. The van der Waals surface area contributed by atoms with Crippen LogP contribution in [0.4, 0.5) is 0 Å². The van der Waals surface area contributed by atoms with Gasteiger partial charge in [-0.15, -0.1) is 0 Å². The van der Waals surface area contributed by atoms with Gasteiger partial charge in [0, 0.05) is 12.3 Å². The van der Waals surface area contributed by atoms with Gasteiger partial charge in [-0.3, -0.25) is 0 Å². The van der Waals surface area contributed by atoms with Crippen LogP contribution >= 0.6 is 11.9 Å². The molecule has 1 atom stereocenters. The molecule has 2 N–H and O–H groups in total. The summed E-state index contributed by atoms with van der Waals surface area (Å²) in [5, 5.41) is 0. The average Bonchev–Trinajstić information content (AvgIpc) is 2.94. The summed E-state index contributed by atoms with van der Waals surface area (Å²) in [6.45, 7) is 5.44. The molecule has 1 heterocycles. The van der Waals surface area contributed by atoms with E-state index < -0.39 is 0 Å². The number of hydrogen-bond donors (Lipinski definition) is 1. The maximum Gasteiger partial charge on any atom is 0.0793 e. The molecule has 1 fully saturated rings. The monoisotopic (exact) mass is 334 g/mol. The van der Waals surface area contributed by atoms with E-state index in [9.17, 15) is 0 Å². The Morgan fingerprint density at radius 2 is 1.65 bits per heavy atom. The smallest absolute Gasteiger partial charge is 0.0793 e. The molecule has 2 nitrogen and oxygen atoms in total. The van der Waals surface area contributed by atoms with Crippen LogP contribution in [0.15, 0.2) is 24.3 Å². The normalized spacial score (nSPS) is 21.9. The lowest BCUT2D eigenvalue weighted by molar-refractivity contribution is 0.207. The van der Waals surface area contributed by atoms with Crippen molar-refractivity contribution in [3.8, 4) is 0 Å². The summed E-state index contributed by atoms with van der Waals surface area (Å²) < 4.78 is 2.38. The summed E-state index contributed by atoms with van der Waals surface area (Å²) in [5.74, 6) is 1.15. The molecule has 0 aliphatic carbocycles. The number of nitrogens with two attached hydrogens (primary N) is 1. The second-order valence-electron chi connectivity index (χ2n) is 6.91. The fourth-order valence-corrected chi connectivity index (χ4v) is 4.61. The van der Waals surface area contributed by atoms with E-state index in [-0.39, 0.29) is 5.66 Å². The molecule has 0 bridgehead atoms. The van der Waals surface area contributed by atoms with Crippen molar-refractivity contribution in [2.45, 2.75) is 83.8 Å². The molecule has 2 rings (SSSR count). The molecule has 1 aromatic rings. The molecule has 1 aromatic carbocycles. The fourth-order valence-electron chi connectivity index (χ4n) is 3.23. The molecule has 23 heavy (non-hydrogen) atoms. The molecule has 0 spiro atoms. The molecule has 1 aliphatic heterocycles. The quantitative estimate of drug-likeness (QED) is 0.452.